The number of aliphatic hydroxyl groups excluding tert-OH is 3. The second-order valence-electron chi connectivity index (χ2n) is 10.6. The van der Waals surface area contributed by atoms with E-state index in [1.807, 2.05) is 6.92 Å². The van der Waals surface area contributed by atoms with Gasteiger partial charge in [-0.1, -0.05) is 44.9 Å². The van der Waals surface area contributed by atoms with E-state index in [0.29, 0.717) is 31.5 Å². The number of carboxylic acids is 1. The Bertz CT molecular complexity index is 673. The minimum absolute atomic E-state index is 0.0694. The summed E-state index contributed by atoms with van der Waals surface area (Å²) in [6.07, 6.45) is 11.2. The summed E-state index contributed by atoms with van der Waals surface area (Å²) in [4.78, 5) is 13.7. The van der Waals surface area contributed by atoms with Crippen molar-refractivity contribution in [2.75, 3.05) is 39.5 Å². The number of hydrogen-bond acceptors (Lipinski definition) is 5. The van der Waals surface area contributed by atoms with E-state index in [-0.39, 0.29) is 31.2 Å². The van der Waals surface area contributed by atoms with Gasteiger partial charge >= 0.3 is 5.97 Å². The number of fused-ring (bicyclic) bond motifs is 3. The van der Waals surface area contributed by atoms with E-state index in [9.17, 15) is 9.90 Å². The molecule has 0 bridgehead atoms. The summed E-state index contributed by atoms with van der Waals surface area (Å²) in [5.41, 5.74) is 2.69. The third kappa shape index (κ3) is 5.82. The van der Waals surface area contributed by atoms with Crippen molar-refractivity contribution in [3.8, 4) is 0 Å². The van der Waals surface area contributed by atoms with Crippen LogP contribution in [0.25, 0.3) is 0 Å². The van der Waals surface area contributed by atoms with Crippen LogP contribution in [0.3, 0.4) is 0 Å². The first kappa shape index (κ1) is 27.0. The molecule has 184 valence electrons. The van der Waals surface area contributed by atoms with Crippen molar-refractivity contribution in [2.24, 2.45) is 28.6 Å². The molecule has 4 atom stereocenters. The third-order valence-corrected chi connectivity index (χ3v) is 8.32. The smallest absolute Gasteiger partial charge is 0.309 e. The fourth-order valence-corrected chi connectivity index (χ4v) is 6.36. The molecular weight excluding hydrogens is 406 g/mol. The maximum Gasteiger partial charge on any atom is 0.309 e. The average molecular weight is 452 g/mol. The molecule has 0 saturated heterocycles. The van der Waals surface area contributed by atoms with Crippen LogP contribution in [-0.4, -0.2) is 70.8 Å². The Morgan fingerprint density at radius 1 is 1.09 bits per heavy atom. The summed E-state index contributed by atoms with van der Waals surface area (Å²) in [5.74, 6) is 0.888. The maximum atomic E-state index is 11.9. The number of carbonyl (C=O) groups is 1. The van der Waals surface area contributed by atoms with Gasteiger partial charge in [0.2, 0.25) is 0 Å². The zero-order valence-electron chi connectivity index (χ0n) is 20.5. The first-order valence-electron chi connectivity index (χ1n) is 12.3. The highest BCUT2D eigenvalue weighted by Gasteiger charge is 2.57. The molecular formula is C26H45NO5. The Morgan fingerprint density at radius 2 is 1.69 bits per heavy atom. The van der Waals surface area contributed by atoms with E-state index in [4.69, 9.17) is 15.3 Å². The molecule has 6 heteroatoms. The fourth-order valence-electron chi connectivity index (χ4n) is 6.36. The molecule has 0 aromatic heterocycles. The van der Waals surface area contributed by atoms with E-state index in [1.54, 1.807) is 10.5 Å². The van der Waals surface area contributed by atoms with E-state index >= 15 is 0 Å². The SMILES string of the molecule is CC(C)C1=CC2=CCC3C(C)(C(=O)O)CCCC3(C)C2CC1.OCCN(CCO)CCO. The van der Waals surface area contributed by atoms with Crippen LogP contribution >= 0.6 is 0 Å². The highest BCUT2D eigenvalue weighted by molar-refractivity contribution is 5.75. The van der Waals surface area contributed by atoms with Crippen LogP contribution in [0.1, 0.15) is 66.2 Å². The molecule has 32 heavy (non-hydrogen) atoms. The summed E-state index contributed by atoms with van der Waals surface area (Å²) in [6.45, 7) is 10.7. The topological polar surface area (TPSA) is 101 Å². The molecule has 3 rings (SSSR count). The zero-order valence-corrected chi connectivity index (χ0v) is 20.5. The lowest BCUT2D eigenvalue weighted by atomic mass is 9.47. The van der Waals surface area contributed by atoms with Gasteiger partial charge in [0.05, 0.1) is 25.2 Å². The van der Waals surface area contributed by atoms with Crippen molar-refractivity contribution in [1.29, 1.82) is 0 Å². The van der Waals surface area contributed by atoms with E-state index in [0.717, 1.165) is 19.3 Å². The van der Waals surface area contributed by atoms with E-state index in [2.05, 4.69) is 32.9 Å². The van der Waals surface area contributed by atoms with Gasteiger partial charge in [-0.25, -0.2) is 0 Å². The van der Waals surface area contributed by atoms with Crippen LogP contribution in [-0.2, 0) is 4.79 Å². The van der Waals surface area contributed by atoms with Gasteiger partial charge in [-0.2, -0.15) is 0 Å². The Morgan fingerprint density at radius 3 is 2.19 bits per heavy atom. The third-order valence-electron chi connectivity index (χ3n) is 8.32. The summed E-state index contributed by atoms with van der Waals surface area (Å²) in [7, 11) is 0. The van der Waals surface area contributed by atoms with Gasteiger partial charge in [0.15, 0.2) is 0 Å². The number of allylic oxidation sites excluding steroid dienone is 4. The number of carboxylic acid groups (broad SMARTS) is 1. The van der Waals surface area contributed by atoms with Gasteiger partial charge in [-0.05, 0) is 67.8 Å². The molecule has 0 amide bonds. The summed E-state index contributed by atoms with van der Waals surface area (Å²) in [6, 6.07) is 0. The summed E-state index contributed by atoms with van der Waals surface area (Å²) in [5, 5.41) is 35.3. The molecule has 4 unspecified atom stereocenters. The van der Waals surface area contributed by atoms with Crippen LogP contribution in [0, 0.1) is 28.6 Å². The highest BCUT2D eigenvalue weighted by Crippen LogP contribution is 2.62. The lowest BCUT2D eigenvalue weighted by molar-refractivity contribution is -0.162. The number of hydrogen-bond donors (Lipinski definition) is 4. The molecule has 0 spiro atoms. The Kier molecular flexibility index (Phi) is 9.95. The van der Waals surface area contributed by atoms with Gasteiger partial charge < -0.3 is 20.4 Å². The van der Waals surface area contributed by atoms with Gasteiger partial charge in [-0.3, -0.25) is 9.69 Å². The standard InChI is InChI=1S/C20H30O2.C6H15NO3/c1-13(2)14-6-8-16-15(12-14)7-9-17-19(16,3)10-5-11-20(17,4)18(21)22;8-4-1-7(2-5-9)3-6-10/h7,12-13,16-17H,5-6,8-11H2,1-4H3,(H,21,22);8-10H,1-6H2. The van der Waals surface area contributed by atoms with Crippen molar-refractivity contribution in [3.63, 3.8) is 0 Å². The Balaban J connectivity index is 0.000000309. The highest BCUT2D eigenvalue weighted by atomic mass is 16.4. The fraction of sp³-hybridized carbons (Fsp3) is 0.808. The Labute approximate surface area is 194 Å². The largest absolute Gasteiger partial charge is 0.481 e. The summed E-state index contributed by atoms with van der Waals surface area (Å²) < 4.78 is 0. The normalized spacial score (nSPS) is 31.8. The van der Waals surface area contributed by atoms with Gasteiger partial charge in [0.1, 0.15) is 0 Å². The van der Waals surface area contributed by atoms with Crippen molar-refractivity contribution < 1.29 is 25.2 Å². The van der Waals surface area contributed by atoms with Crippen molar-refractivity contribution >= 4 is 5.97 Å². The van der Waals surface area contributed by atoms with Gasteiger partial charge in [0, 0.05) is 19.6 Å². The minimum Gasteiger partial charge on any atom is -0.481 e. The number of rotatable bonds is 8. The van der Waals surface area contributed by atoms with Crippen molar-refractivity contribution in [1.82, 2.24) is 4.90 Å². The molecule has 0 aromatic rings. The van der Waals surface area contributed by atoms with Crippen molar-refractivity contribution in [2.45, 2.75) is 66.2 Å². The zero-order chi connectivity index (χ0) is 23.9. The molecule has 6 nitrogen and oxygen atoms in total. The molecule has 0 radical (unpaired) electrons. The summed E-state index contributed by atoms with van der Waals surface area (Å²) >= 11 is 0. The van der Waals surface area contributed by atoms with Gasteiger partial charge in [-0.15, -0.1) is 0 Å². The van der Waals surface area contributed by atoms with E-state index < -0.39 is 11.4 Å². The van der Waals surface area contributed by atoms with Gasteiger partial charge in [0.25, 0.3) is 0 Å². The maximum absolute atomic E-state index is 11.9. The quantitative estimate of drug-likeness (QED) is 0.451. The monoisotopic (exact) mass is 451 g/mol. The molecule has 0 aromatic carbocycles. The molecule has 3 aliphatic rings. The van der Waals surface area contributed by atoms with E-state index in [1.165, 1.54) is 24.8 Å². The predicted molar refractivity (Wildman–Crippen MR) is 127 cm³/mol. The first-order chi connectivity index (χ1) is 15.1. The first-order valence-corrected chi connectivity index (χ1v) is 12.3. The second-order valence-corrected chi connectivity index (χ2v) is 10.6. The average Bonchev–Trinajstić information content (AvgIpc) is 2.74. The minimum atomic E-state index is -0.588. The predicted octanol–water partition coefficient (Wildman–Crippen LogP) is 3.47. The number of aliphatic hydroxyl groups is 3. The lowest BCUT2D eigenvalue weighted by Gasteiger charge is -2.57. The molecule has 3 aliphatic carbocycles. The van der Waals surface area contributed by atoms with Crippen LogP contribution in [0.15, 0.2) is 23.3 Å². The van der Waals surface area contributed by atoms with Crippen LogP contribution in [0.2, 0.25) is 0 Å². The molecule has 1 fully saturated rings. The molecule has 0 aliphatic heterocycles. The lowest BCUT2D eigenvalue weighted by Crippen LogP contribution is -2.53. The van der Waals surface area contributed by atoms with Crippen LogP contribution in [0.5, 0.6) is 0 Å². The van der Waals surface area contributed by atoms with Crippen LogP contribution in [0.4, 0.5) is 0 Å². The number of nitrogens with zero attached hydrogens (tertiary/aromatic N) is 1. The van der Waals surface area contributed by atoms with Crippen LogP contribution < -0.4 is 0 Å². The molecule has 0 heterocycles. The second kappa shape index (κ2) is 11.8. The molecule has 1 saturated carbocycles. The molecule has 4 N–H and O–H groups in total. The Hall–Kier alpha value is -1.21. The van der Waals surface area contributed by atoms with Crippen molar-refractivity contribution in [3.05, 3.63) is 23.3 Å². The number of aliphatic carboxylic acids is 1.